The lowest BCUT2D eigenvalue weighted by Gasteiger charge is -2.07. The topological polar surface area (TPSA) is 104 Å². The molecule has 2 heterocycles. The number of nitrogens with zero attached hydrogens (tertiary/aromatic N) is 2. The Hall–Kier alpha value is -3.00. The Balaban J connectivity index is 1.76. The van der Waals surface area contributed by atoms with Gasteiger partial charge in [-0.15, -0.1) is 11.3 Å². The lowest BCUT2D eigenvalue weighted by atomic mass is 10.2. The van der Waals surface area contributed by atoms with E-state index in [4.69, 9.17) is 5.11 Å². The molecule has 0 saturated carbocycles. The van der Waals surface area contributed by atoms with Crippen molar-refractivity contribution in [3.05, 3.63) is 47.1 Å². The van der Waals surface area contributed by atoms with Gasteiger partial charge in [-0.2, -0.15) is 0 Å². The third-order valence-electron chi connectivity index (χ3n) is 3.26. The second-order valence-corrected chi connectivity index (χ2v) is 6.31. The highest BCUT2D eigenvalue weighted by Gasteiger charge is 2.09. The van der Waals surface area contributed by atoms with Crippen molar-refractivity contribution in [2.75, 3.05) is 11.9 Å². The maximum Gasteiger partial charge on any atom is 0.322 e. The molecule has 0 fully saturated rings. The van der Waals surface area contributed by atoms with Gasteiger partial charge in [-0.25, -0.2) is 9.97 Å². The molecule has 7 nitrogen and oxygen atoms in total. The van der Waals surface area contributed by atoms with Gasteiger partial charge in [0.15, 0.2) is 0 Å². The van der Waals surface area contributed by atoms with Crippen molar-refractivity contribution in [2.45, 2.75) is 6.92 Å². The van der Waals surface area contributed by atoms with Gasteiger partial charge >= 0.3 is 5.97 Å². The summed E-state index contributed by atoms with van der Waals surface area (Å²) in [6, 6.07) is 8.75. The number of nitrogens with one attached hydrogen (secondary N) is 2. The quantitative estimate of drug-likeness (QED) is 0.658. The molecule has 3 rings (SSSR count). The second kappa shape index (κ2) is 6.63. The minimum absolute atomic E-state index is 0.390. The summed E-state index contributed by atoms with van der Waals surface area (Å²) in [5, 5.41) is 15.0. The van der Waals surface area contributed by atoms with Crippen LogP contribution in [0.2, 0.25) is 0 Å². The van der Waals surface area contributed by atoms with E-state index < -0.39 is 18.4 Å². The Labute approximate surface area is 141 Å². The summed E-state index contributed by atoms with van der Waals surface area (Å²) in [6.07, 6.45) is 1.51. The van der Waals surface area contributed by atoms with Crippen LogP contribution in [0.25, 0.3) is 10.2 Å². The molecule has 122 valence electrons. The van der Waals surface area contributed by atoms with Crippen molar-refractivity contribution in [1.29, 1.82) is 0 Å². The van der Waals surface area contributed by atoms with Crippen LogP contribution in [0.15, 0.2) is 36.7 Å². The first-order valence-corrected chi connectivity index (χ1v) is 7.93. The number of thiophene rings is 1. The number of fused-ring (bicyclic) bond motifs is 1. The number of hydrogen-bond acceptors (Lipinski definition) is 6. The Bertz CT molecular complexity index is 905. The zero-order valence-electron chi connectivity index (χ0n) is 12.7. The number of aliphatic carboxylic acids is 1. The van der Waals surface area contributed by atoms with Crippen LogP contribution in [0, 0.1) is 6.92 Å². The SMILES string of the molecule is Cc1cc2c(Nc3ccc(C(=O)NCC(=O)O)cc3)ncnc2s1. The number of anilines is 2. The summed E-state index contributed by atoms with van der Waals surface area (Å²) in [6.45, 7) is 1.61. The molecule has 3 N–H and O–H groups in total. The van der Waals surface area contributed by atoms with Gasteiger partial charge in [-0.05, 0) is 37.3 Å². The number of carboxylic acids is 1. The van der Waals surface area contributed by atoms with E-state index in [9.17, 15) is 9.59 Å². The zero-order chi connectivity index (χ0) is 17.1. The molecule has 0 spiro atoms. The Kier molecular flexibility index (Phi) is 4.39. The predicted octanol–water partition coefficient (Wildman–Crippen LogP) is 2.56. The number of amides is 1. The largest absolute Gasteiger partial charge is 0.480 e. The molecule has 0 aliphatic rings. The van der Waals surface area contributed by atoms with Gasteiger partial charge in [0.05, 0.1) is 5.39 Å². The van der Waals surface area contributed by atoms with Crippen molar-refractivity contribution in [3.63, 3.8) is 0 Å². The first-order chi connectivity index (χ1) is 11.5. The van der Waals surface area contributed by atoms with Crippen molar-refractivity contribution in [3.8, 4) is 0 Å². The first-order valence-electron chi connectivity index (χ1n) is 7.11. The molecule has 1 aromatic carbocycles. The zero-order valence-corrected chi connectivity index (χ0v) is 13.6. The van der Waals surface area contributed by atoms with E-state index in [0.29, 0.717) is 11.4 Å². The van der Waals surface area contributed by atoms with Crippen molar-refractivity contribution < 1.29 is 14.7 Å². The molecular formula is C16H14N4O3S. The fourth-order valence-electron chi connectivity index (χ4n) is 2.18. The van der Waals surface area contributed by atoms with Gasteiger partial charge < -0.3 is 15.7 Å². The van der Waals surface area contributed by atoms with Crippen LogP contribution in [0.1, 0.15) is 15.2 Å². The average Bonchev–Trinajstić information content (AvgIpc) is 2.94. The average molecular weight is 342 g/mol. The molecule has 0 saturated heterocycles. The molecule has 8 heteroatoms. The van der Waals surface area contributed by atoms with Crippen molar-refractivity contribution >= 4 is 44.9 Å². The van der Waals surface area contributed by atoms with Crippen LogP contribution in [0.3, 0.4) is 0 Å². The molecule has 1 amide bonds. The highest BCUT2D eigenvalue weighted by Crippen LogP contribution is 2.29. The lowest BCUT2D eigenvalue weighted by molar-refractivity contribution is -0.135. The molecule has 24 heavy (non-hydrogen) atoms. The monoisotopic (exact) mass is 342 g/mol. The maximum atomic E-state index is 11.8. The maximum absolute atomic E-state index is 11.8. The number of aromatic nitrogens is 2. The second-order valence-electron chi connectivity index (χ2n) is 5.08. The van der Waals surface area contributed by atoms with Gasteiger partial charge in [-0.3, -0.25) is 9.59 Å². The molecule has 0 aliphatic heterocycles. The van der Waals surface area contributed by atoms with Gasteiger partial charge in [0.2, 0.25) is 0 Å². The molecular weight excluding hydrogens is 328 g/mol. The van der Waals surface area contributed by atoms with Crippen LogP contribution in [0.5, 0.6) is 0 Å². The summed E-state index contributed by atoms with van der Waals surface area (Å²) in [5.74, 6) is -0.810. The Morgan fingerprint density at radius 3 is 2.67 bits per heavy atom. The van der Waals surface area contributed by atoms with E-state index in [0.717, 1.165) is 20.8 Å². The summed E-state index contributed by atoms with van der Waals surface area (Å²) < 4.78 is 0. The Morgan fingerprint density at radius 2 is 1.96 bits per heavy atom. The van der Waals surface area contributed by atoms with E-state index in [-0.39, 0.29) is 0 Å². The molecule has 0 aliphatic carbocycles. The molecule has 0 unspecified atom stereocenters. The minimum atomic E-state index is -1.08. The van der Waals surface area contributed by atoms with E-state index in [2.05, 4.69) is 20.6 Å². The number of rotatable bonds is 5. The smallest absolute Gasteiger partial charge is 0.322 e. The number of carbonyl (C=O) groups excluding carboxylic acids is 1. The number of benzene rings is 1. The Morgan fingerprint density at radius 1 is 1.21 bits per heavy atom. The molecule has 3 aromatic rings. The standard InChI is InChI=1S/C16H14N4O3S/c1-9-6-12-14(18-8-19-16(12)24-9)20-11-4-2-10(3-5-11)15(23)17-7-13(21)22/h2-6,8H,7H2,1H3,(H,17,23)(H,21,22)(H,18,19,20). The van der Waals surface area contributed by atoms with Crippen LogP contribution in [-0.2, 0) is 4.79 Å². The van der Waals surface area contributed by atoms with E-state index in [1.165, 1.54) is 6.33 Å². The van der Waals surface area contributed by atoms with Crippen LogP contribution >= 0.6 is 11.3 Å². The molecule has 0 bridgehead atoms. The van der Waals surface area contributed by atoms with Gasteiger partial charge in [0.1, 0.15) is 23.5 Å². The van der Waals surface area contributed by atoms with Gasteiger partial charge in [0, 0.05) is 16.1 Å². The van der Waals surface area contributed by atoms with Gasteiger partial charge in [-0.1, -0.05) is 0 Å². The summed E-state index contributed by atoms with van der Waals surface area (Å²) in [7, 11) is 0. The third-order valence-corrected chi connectivity index (χ3v) is 4.22. The molecule has 0 atom stereocenters. The highest BCUT2D eigenvalue weighted by molar-refractivity contribution is 7.18. The summed E-state index contributed by atoms with van der Waals surface area (Å²) >= 11 is 1.60. The fraction of sp³-hybridized carbons (Fsp3) is 0.125. The number of carboxylic acid groups (broad SMARTS) is 1. The fourth-order valence-corrected chi connectivity index (χ4v) is 3.02. The number of aryl methyl sites for hydroxylation is 1. The minimum Gasteiger partial charge on any atom is -0.480 e. The van der Waals surface area contributed by atoms with E-state index >= 15 is 0 Å². The first kappa shape index (κ1) is 15.9. The van der Waals surface area contributed by atoms with E-state index in [1.807, 2.05) is 13.0 Å². The van der Waals surface area contributed by atoms with Crippen molar-refractivity contribution in [2.24, 2.45) is 0 Å². The van der Waals surface area contributed by atoms with Crippen LogP contribution < -0.4 is 10.6 Å². The molecule has 0 radical (unpaired) electrons. The number of hydrogen-bond donors (Lipinski definition) is 3. The van der Waals surface area contributed by atoms with E-state index in [1.54, 1.807) is 35.6 Å². The predicted molar refractivity (Wildman–Crippen MR) is 91.8 cm³/mol. The van der Waals surface area contributed by atoms with Crippen LogP contribution in [0.4, 0.5) is 11.5 Å². The normalized spacial score (nSPS) is 10.5. The highest BCUT2D eigenvalue weighted by atomic mass is 32.1. The van der Waals surface area contributed by atoms with Crippen LogP contribution in [-0.4, -0.2) is 33.5 Å². The summed E-state index contributed by atoms with van der Waals surface area (Å²) in [5.41, 5.74) is 1.16. The lowest BCUT2D eigenvalue weighted by Crippen LogP contribution is -2.29. The third kappa shape index (κ3) is 3.49. The van der Waals surface area contributed by atoms with Crippen molar-refractivity contribution in [1.82, 2.24) is 15.3 Å². The number of carbonyl (C=O) groups is 2. The van der Waals surface area contributed by atoms with Gasteiger partial charge in [0.25, 0.3) is 5.91 Å². The molecule has 2 aromatic heterocycles. The summed E-state index contributed by atoms with van der Waals surface area (Å²) in [4.78, 5) is 32.8.